The van der Waals surface area contributed by atoms with Gasteiger partial charge in [-0.2, -0.15) is 8.78 Å². The lowest BCUT2D eigenvalue weighted by molar-refractivity contribution is -0.192. The van der Waals surface area contributed by atoms with E-state index in [1.165, 1.54) is 6.07 Å². The Morgan fingerprint density at radius 3 is 2.83 bits per heavy atom. The number of ether oxygens (including phenoxy) is 1. The third-order valence-electron chi connectivity index (χ3n) is 3.49. The largest absolute Gasteiger partial charge is 0.483 e. The summed E-state index contributed by atoms with van der Waals surface area (Å²) in [7, 11) is 0. The number of nitrogens with one attached hydrogen (secondary N) is 1. The van der Waals surface area contributed by atoms with Crippen molar-refractivity contribution in [3.05, 3.63) is 30.2 Å². The van der Waals surface area contributed by atoms with Crippen LogP contribution in [0.5, 0.6) is 5.75 Å². The van der Waals surface area contributed by atoms with Gasteiger partial charge in [0.15, 0.2) is 5.75 Å². The number of benzene rings is 1. The van der Waals surface area contributed by atoms with Crippen LogP contribution in [0.4, 0.5) is 24.5 Å². The fourth-order valence-electron chi connectivity index (χ4n) is 2.44. The monoisotopic (exact) mass is 323 g/mol. The van der Waals surface area contributed by atoms with Gasteiger partial charge < -0.3 is 15.0 Å². The number of nitrogens with zero attached hydrogens (tertiary/aromatic N) is 2. The lowest BCUT2D eigenvalue weighted by Crippen LogP contribution is -2.51. The first kappa shape index (κ1) is 15.1. The predicted molar refractivity (Wildman–Crippen MR) is 77.6 cm³/mol. The molecule has 8 heteroatoms. The fourth-order valence-corrected chi connectivity index (χ4v) is 2.44. The molecule has 3 rings (SSSR count). The second kappa shape index (κ2) is 5.43. The third-order valence-corrected chi connectivity index (χ3v) is 3.49. The van der Waals surface area contributed by atoms with Crippen LogP contribution in [0.2, 0.25) is 0 Å². The van der Waals surface area contributed by atoms with E-state index in [9.17, 15) is 18.0 Å². The third kappa shape index (κ3) is 2.54. The van der Waals surface area contributed by atoms with Gasteiger partial charge in [0.2, 0.25) is 0 Å². The molecule has 0 saturated carbocycles. The molecule has 1 aromatic carbocycles. The maximum Gasteiger partial charge on any atom is 0.483 e. The minimum absolute atomic E-state index is 0.0184. The van der Waals surface area contributed by atoms with E-state index in [4.69, 9.17) is 6.42 Å². The van der Waals surface area contributed by atoms with Crippen molar-refractivity contribution in [3.8, 4) is 18.1 Å². The molecule has 120 valence electrons. The Hall–Kier alpha value is -2.82. The molecule has 0 bridgehead atoms. The zero-order chi connectivity index (χ0) is 16.6. The number of hydrogen-bond donors (Lipinski definition) is 1. The summed E-state index contributed by atoms with van der Waals surface area (Å²) in [6.45, 7) is 0.406. The minimum atomic E-state index is -4.08. The molecule has 2 aliphatic rings. The maximum atomic E-state index is 14.3. The quantitative estimate of drug-likeness (QED) is 0.841. The van der Waals surface area contributed by atoms with E-state index in [-0.39, 0.29) is 17.9 Å². The Balaban J connectivity index is 2.08. The Labute approximate surface area is 130 Å². The van der Waals surface area contributed by atoms with Crippen LogP contribution in [0.1, 0.15) is 0 Å². The van der Waals surface area contributed by atoms with Crippen LogP contribution in [-0.2, 0) is 4.79 Å². The average Bonchev–Trinajstić information content (AvgIpc) is 2.52. The molecule has 5 nitrogen and oxygen atoms in total. The summed E-state index contributed by atoms with van der Waals surface area (Å²) >= 11 is 0. The molecule has 0 radical (unpaired) electrons. The Morgan fingerprint density at radius 1 is 1.39 bits per heavy atom. The molecule has 0 unspecified atom stereocenters. The van der Waals surface area contributed by atoms with Gasteiger partial charge in [0.1, 0.15) is 5.82 Å². The standard InChI is InChI=1S/C15H12F3N3O2/c1-2-5-21-12-8-11(20-6-3-4-19-9-20)10(16)7-13(12)23-15(17,18)14(21)22/h1,3-4,7-8,19H,5-6,9H2. The van der Waals surface area contributed by atoms with Crippen LogP contribution in [-0.4, -0.2) is 31.8 Å². The van der Waals surface area contributed by atoms with Crippen LogP contribution < -0.4 is 19.9 Å². The highest BCUT2D eigenvalue weighted by Gasteiger charge is 2.50. The summed E-state index contributed by atoms with van der Waals surface area (Å²) in [6.07, 6.45) is 4.57. The van der Waals surface area contributed by atoms with E-state index in [1.54, 1.807) is 17.2 Å². The van der Waals surface area contributed by atoms with Gasteiger partial charge in [-0.15, -0.1) is 6.42 Å². The topological polar surface area (TPSA) is 44.8 Å². The highest BCUT2D eigenvalue weighted by molar-refractivity contribution is 6.01. The lowest BCUT2D eigenvalue weighted by Gasteiger charge is -2.34. The number of carbonyl (C=O) groups is 1. The number of hydrogen-bond acceptors (Lipinski definition) is 4. The Kier molecular flexibility index (Phi) is 3.56. The number of terminal acetylenes is 1. The molecule has 0 aliphatic carbocycles. The summed E-state index contributed by atoms with van der Waals surface area (Å²) < 4.78 is 45.8. The predicted octanol–water partition coefficient (Wildman–Crippen LogP) is 1.66. The van der Waals surface area contributed by atoms with Crippen molar-refractivity contribution in [1.29, 1.82) is 0 Å². The molecular formula is C15H12F3N3O2. The smallest absolute Gasteiger partial charge is 0.423 e. The SMILES string of the molecule is C#CCN1C(=O)C(F)(F)Oc2cc(F)c(N3CC=CNC3)cc21. The van der Waals surface area contributed by atoms with Crippen LogP contribution in [0.15, 0.2) is 24.4 Å². The van der Waals surface area contributed by atoms with Crippen molar-refractivity contribution < 1.29 is 22.7 Å². The van der Waals surface area contributed by atoms with E-state index >= 15 is 0 Å². The number of fused-ring (bicyclic) bond motifs is 1. The molecule has 0 fully saturated rings. The summed E-state index contributed by atoms with van der Waals surface area (Å²) in [5.41, 5.74) is 0.175. The van der Waals surface area contributed by atoms with Gasteiger partial charge in [-0.25, -0.2) is 4.39 Å². The van der Waals surface area contributed by atoms with Crippen LogP contribution in [0.3, 0.4) is 0 Å². The van der Waals surface area contributed by atoms with E-state index < -0.39 is 23.6 Å². The molecule has 2 heterocycles. The fraction of sp³-hybridized carbons (Fsp3) is 0.267. The van der Waals surface area contributed by atoms with Crippen LogP contribution in [0.25, 0.3) is 0 Å². The molecule has 23 heavy (non-hydrogen) atoms. The van der Waals surface area contributed by atoms with Gasteiger partial charge in [-0.05, 0) is 18.3 Å². The normalized spacial score (nSPS) is 18.8. The Morgan fingerprint density at radius 2 is 2.17 bits per heavy atom. The van der Waals surface area contributed by atoms with Gasteiger partial charge in [0, 0.05) is 12.6 Å². The highest BCUT2D eigenvalue weighted by Crippen LogP contribution is 2.42. The first-order valence-corrected chi connectivity index (χ1v) is 6.73. The van der Waals surface area contributed by atoms with Crippen molar-refractivity contribution in [3.63, 3.8) is 0 Å². The van der Waals surface area contributed by atoms with Crippen molar-refractivity contribution in [2.45, 2.75) is 6.11 Å². The summed E-state index contributed by atoms with van der Waals surface area (Å²) in [5.74, 6) is -0.581. The zero-order valence-corrected chi connectivity index (χ0v) is 11.9. The molecule has 0 spiro atoms. The number of rotatable bonds is 2. The molecule has 2 aliphatic heterocycles. The minimum Gasteiger partial charge on any atom is -0.423 e. The zero-order valence-electron chi connectivity index (χ0n) is 11.9. The first-order valence-electron chi connectivity index (χ1n) is 6.73. The summed E-state index contributed by atoms with van der Waals surface area (Å²) in [6, 6.07) is 2.13. The lowest BCUT2D eigenvalue weighted by atomic mass is 10.1. The molecule has 1 amide bonds. The number of amides is 1. The van der Waals surface area contributed by atoms with E-state index in [1.807, 2.05) is 0 Å². The molecular weight excluding hydrogens is 311 g/mol. The second-order valence-corrected chi connectivity index (χ2v) is 4.97. The van der Waals surface area contributed by atoms with Gasteiger partial charge in [0.25, 0.3) is 0 Å². The van der Waals surface area contributed by atoms with Crippen molar-refractivity contribution in [2.75, 3.05) is 29.6 Å². The molecule has 0 aromatic heterocycles. The van der Waals surface area contributed by atoms with Gasteiger partial charge >= 0.3 is 12.0 Å². The van der Waals surface area contributed by atoms with Gasteiger partial charge in [-0.1, -0.05) is 5.92 Å². The summed E-state index contributed by atoms with van der Waals surface area (Å²) in [4.78, 5) is 14.2. The molecule has 0 saturated heterocycles. The number of anilines is 2. The van der Waals surface area contributed by atoms with E-state index in [0.717, 1.165) is 11.0 Å². The van der Waals surface area contributed by atoms with Crippen molar-refractivity contribution in [1.82, 2.24) is 5.32 Å². The number of halogens is 3. The first-order chi connectivity index (χ1) is 10.9. The highest BCUT2D eigenvalue weighted by atomic mass is 19.3. The van der Waals surface area contributed by atoms with E-state index in [2.05, 4.69) is 16.0 Å². The van der Waals surface area contributed by atoms with Gasteiger partial charge in [0.05, 0.1) is 24.6 Å². The second-order valence-electron chi connectivity index (χ2n) is 4.97. The molecule has 0 atom stereocenters. The van der Waals surface area contributed by atoms with Gasteiger partial charge in [-0.3, -0.25) is 9.69 Å². The van der Waals surface area contributed by atoms with Crippen LogP contribution in [0, 0.1) is 18.2 Å². The number of alkyl halides is 2. The van der Waals surface area contributed by atoms with E-state index in [0.29, 0.717) is 13.2 Å². The van der Waals surface area contributed by atoms with Crippen LogP contribution >= 0.6 is 0 Å². The van der Waals surface area contributed by atoms with Crippen molar-refractivity contribution >= 4 is 17.3 Å². The maximum absolute atomic E-state index is 14.3. The summed E-state index contributed by atoms with van der Waals surface area (Å²) in [5, 5.41) is 2.91. The Bertz CT molecular complexity index is 727. The molecule has 1 aromatic rings. The van der Waals surface area contributed by atoms with Crippen molar-refractivity contribution in [2.24, 2.45) is 0 Å². The average molecular weight is 323 g/mol. The molecule has 1 N–H and O–H groups in total. The number of carbonyl (C=O) groups excluding carboxylic acids is 1.